The second kappa shape index (κ2) is 7.08. The fourth-order valence-electron chi connectivity index (χ4n) is 1.29. The fourth-order valence-corrected chi connectivity index (χ4v) is 3.27. The molecular formula is C11H8Cl2N4O2S2. The highest BCUT2D eigenvalue weighted by Gasteiger charge is 2.14. The third kappa shape index (κ3) is 4.57. The molecule has 110 valence electrons. The molecule has 1 heterocycles. The van der Waals surface area contributed by atoms with Crippen molar-refractivity contribution in [3.63, 3.8) is 0 Å². The van der Waals surface area contributed by atoms with Gasteiger partial charge in [0.15, 0.2) is 4.34 Å². The number of nitrogens with one attached hydrogen (secondary N) is 1. The molecule has 0 atom stereocenters. The molecule has 2 rings (SSSR count). The molecule has 0 bridgehead atoms. The van der Waals surface area contributed by atoms with Crippen molar-refractivity contribution in [2.75, 3.05) is 11.1 Å². The lowest BCUT2D eigenvalue weighted by Gasteiger charge is -2.03. The number of carbonyl (C=O) groups excluding carboxylic acids is 2. The van der Waals surface area contributed by atoms with Crippen molar-refractivity contribution in [2.24, 2.45) is 5.73 Å². The topological polar surface area (TPSA) is 98.0 Å². The number of nitrogens with two attached hydrogens (primary N) is 1. The number of rotatable bonds is 5. The molecule has 2 aromatic rings. The maximum absolute atomic E-state index is 12.0. The molecule has 3 N–H and O–H groups in total. The van der Waals surface area contributed by atoms with Crippen LogP contribution < -0.4 is 11.1 Å². The van der Waals surface area contributed by atoms with E-state index in [1.165, 1.54) is 12.1 Å². The van der Waals surface area contributed by atoms with Gasteiger partial charge in [0.2, 0.25) is 11.0 Å². The van der Waals surface area contributed by atoms with Crippen LogP contribution in [0.1, 0.15) is 10.4 Å². The Morgan fingerprint density at radius 1 is 1.33 bits per heavy atom. The number of hydrogen-bond acceptors (Lipinski definition) is 6. The minimum absolute atomic E-state index is 0.103. The van der Waals surface area contributed by atoms with Gasteiger partial charge in [0.25, 0.3) is 5.91 Å². The Morgan fingerprint density at radius 2 is 2.10 bits per heavy atom. The van der Waals surface area contributed by atoms with Crippen LogP contribution in [0.25, 0.3) is 0 Å². The van der Waals surface area contributed by atoms with Crippen LogP contribution in [0.2, 0.25) is 10.0 Å². The number of carbonyl (C=O) groups is 2. The smallest absolute Gasteiger partial charge is 0.259 e. The first-order valence-electron chi connectivity index (χ1n) is 5.46. The van der Waals surface area contributed by atoms with Crippen LogP contribution in [0, 0.1) is 0 Å². The summed E-state index contributed by atoms with van der Waals surface area (Å²) in [4.78, 5) is 22.7. The standard InChI is InChI=1S/C11H8Cl2N4O2S2/c12-5-1-2-6(7(13)3-5)9(19)15-10-16-17-11(21-10)20-4-8(14)18/h1-3H,4H2,(H2,14,18)(H,15,16,19). The summed E-state index contributed by atoms with van der Waals surface area (Å²) in [5.74, 6) is -0.765. The zero-order chi connectivity index (χ0) is 15.4. The summed E-state index contributed by atoms with van der Waals surface area (Å²) in [6, 6.07) is 4.56. The molecule has 21 heavy (non-hydrogen) atoms. The van der Waals surface area contributed by atoms with Gasteiger partial charge in [-0.25, -0.2) is 0 Å². The molecular weight excluding hydrogens is 355 g/mol. The van der Waals surface area contributed by atoms with Crippen LogP contribution in [0.5, 0.6) is 0 Å². The Hall–Kier alpha value is -1.35. The Labute approximate surface area is 138 Å². The maximum Gasteiger partial charge on any atom is 0.259 e. The lowest BCUT2D eigenvalue weighted by Crippen LogP contribution is -2.12. The lowest BCUT2D eigenvalue weighted by molar-refractivity contribution is -0.115. The fraction of sp³-hybridized carbons (Fsp3) is 0.0909. The predicted octanol–water partition coefficient (Wildman–Crippen LogP) is 2.67. The summed E-state index contributed by atoms with van der Waals surface area (Å²) in [6.07, 6.45) is 0. The molecule has 0 saturated carbocycles. The van der Waals surface area contributed by atoms with E-state index in [0.717, 1.165) is 23.1 Å². The van der Waals surface area contributed by atoms with Crippen LogP contribution in [-0.4, -0.2) is 27.8 Å². The Morgan fingerprint density at radius 3 is 2.76 bits per heavy atom. The highest BCUT2D eigenvalue weighted by Crippen LogP contribution is 2.26. The number of benzene rings is 1. The van der Waals surface area contributed by atoms with E-state index < -0.39 is 11.8 Å². The van der Waals surface area contributed by atoms with Crippen molar-refractivity contribution < 1.29 is 9.59 Å². The Balaban J connectivity index is 2.04. The summed E-state index contributed by atoms with van der Waals surface area (Å²) >= 11 is 14.0. The molecule has 0 saturated heterocycles. The monoisotopic (exact) mass is 362 g/mol. The van der Waals surface area contributed by atoms with Gasteiger partial charge >= 0.3 is 0 Å². The van der Waals surface area contributed by atoms with Crippen molar-refractivity contribution in [1.29, 1.82) is 0 Å². The molecule has 2 amide bonds. The third-order valence-electron chi connectivity index (χ3n) is 2.14. The van der Waals surface area contributed by atoms with Crippen molar-refractivity contribution >= 4 is 63.2 Å². The molecule has 0 unspecified atom stereocenters. The largest absolute Gasteiger partial charge is 0.369 e. The molecule has 1 aromatic heterocycles. The second-order valence-electron chi connectivity index (χ2n) is 3.71. The lowest BCUT2D eigenvalue weighted by atomic mass is 10.2. The Kier molecular flexibility index (Phi) is 5.40. The van der Waals surface area contributed by atoms with Gasteiger partial charge in [-0.2, -0.15) is 0 Å². The van der Waals surface area contributed by atoms with E-state index in [1.807, 2.05) is 0 Å². The van der Waals surface area contributed by atoms with E-state index in [0.29, 0.717) is 14.5 Å². The van der Waals surface area contributed by atoms with Gasteiger partial charge in [0, 0.05) is 5.02 Å². The van der Waals surface area contributed by atoms with Crippen molar-refractivity contribution in [3.8, 4) is 0 Å². The summed E-state index contributed by atoms with van der Waals surface area (Å²) in [5, 5.41) is 11.2. The van der Waals surface area contributed by atoms with E-state index in [-0.39, 0.29) is 16.3 Å². The summed E-state index contributed by atoms with van der Waals surface area (Å²) in [7, 11) is 0. The first kappa shape index (κ1) is 16.0. The molecule has 0 fully saturated rings. The second-order valence-corrected chi connectivity index (χ2v) is 6.75. The van der Waals surface area contributed by atoms with Gasteiger partial charge in [0.1, 0.15) is 0 Å². The van der Waals surface area contributed by atoms with Crippen molar-refractivity contribution in [3.05, 3.63) is 33.8 Å². The predicted molar refractivity (Wildman–Crippen MR) is 84.2 cm³/mol. The SMILES string of the molecule is NC(=O)CSc1nnc(NC(=O)c2ccc(Cl)cc2Cl)s1. The zero-order valence-electron chi connectivity index (χ0n) is 10.3. The van der Waals surface area contributed by atoms with E-state index >= 15 is 0 Å². The highest BCUT2D eigenvalue weighted by molar-refractivity contribution is 8.01. The van der Waals surface area contributed by atoms with Gasteiger partial charge in [-0.3, -0.25) is 14.9 Å². The maximum atomic E-state index is 12.0. The molecule has 1 aromatic carbocycles. The molecule has 0 spiro atoms. The van der Waals surface area contributed by atoms with E-state index in [2.05, 4.69) is 15.5 Å². The molecule has 0 aliphatic heterocycles. The first-order chi connectivity index (χ1) is 9.95. The van der Waals surface area contributed by atoms with Gasteiger partial charge in [-0.15, -0.1) is 10.2 Å². The number of primary amides is 1. The third-order valence-corrected chi connectivity index (χ3v) is 4.68. The molecule has 6 nitrogen and oxygen atoms in total. The van der Waals surface area contributed by atoms with Crippen molar-refractivity contribution in [2.45, 2.75) is 4.34 Å². The Bertz CT molecular complexity index is 693. The molecule has 0 radical (unpaired) electrons. The van der Waals surface area contributed by atoms with Crippen LogP contribution in [0.4, 0.5) is 5.13 Å². The van der Waals surface area contributed by atoms with Crippen LogP contribution >= 0.6 is 46.3 Å². The molecule has 10 heteroatoms. The summed E-state index contributed by atoms with van der Waals surface area (Å²) in [6.45, 7) is 0. The van der Waals surface area contributed by atoms with Crippen LogP contribution in [-0.2, 0) is 4.79 Å². The zero-order valence-corrected chi connectivity index (χ0v) is 13.4. The number of amides is 2. The van der Waals surface area contributed by atoms with Gasteiger partial charge in [-0.05, 0) is 18.2 Å². The van der Waals surface area contributed by atoms with Crippen LogP contribution in [0.15, 0.2) is 22.5 Å². The number of thioether (sulfide) groups is 1. The molecule has 0 aliphatic rings. The highest BCUT2D eigenvalue weighted by atomic mass is 35.5. The number of anilines is 1. The van der Waals surface area contributed by atoms with Gasteiger partial charge in [-0.1, -0.05) is 46.3 Å². The minimum Gasteiger partial charge on any atom is -0.369 e. The van der Waals surface area contributed by atoms with Gasteiger partial charge < -0.3 is 5.73 Å². The van der Waals surface area contributed by atoms with Crippen LogP contribution in [0.3, 0.4) is 0 Å². The first-order valence-corrected chi connectivity index (χ1v) is 8.02. The summed E-state index contributed by atoms with van der Waals surface area (Å²) < 4.78 is 0.534. The normalized spacial score (nSPS) is 10.4. The number of hydrogen-bond donors (Lipinski definition) is 2. The minimum atomic E-state index is -0.450. The average Bonchev–Trinajstić information content (AvgIpc) is 2.83. The number of nitrogens with zero attached hydrogens (tertiary/aromatic N) is 2. The quantitative estimate of drug-likeness (QED) is 0.629. The summed E-state index contributed by atoms with van der Waals surface area (Å²) in [5.41, 5.74) is 5.31. The van der Waals surface area contributed by atoms with Gasteiger partial charge in [0.05, 0.1) is 16.3 Å². The van der Waals surface area contributed by atoms with Crippen molar-refractivity contribution in [1.82, 2.24) is 10.2 Å². The number of halogens is 2. The van der Waals surface area contributed by atoms with E-state index in [4.69, 9.17) is 28.9 Å². The number of aromatic nitrogens is 2. The molecule has 0 aliphatic carbocycles. The average molecular weight is 363 g/mol. The van der Waals surface area contributed by atoms with E-state index in [1.54, 1.807) is 6.07 Å². The van der Waals surface area contributed by atoms with E-state index in [9.17, 15) is 9.59 Å².